The van der Waals surface area contributed by atoms with Gasteiger partial charge >= 0.3 is 5.97 Å². The first-order valence-corrected chi connectivity index (χ1v) is 33.9. The van der Waals surface area contributed by atoms with Gasteiger partial charge in [0.05, 0.1) is 33.8 Å². The van der Waals surface area contributed by atoms with Crippen LogP contribution in [0.2, 0.25) is 0 Å². The van der Waals surface area contributed by atoms with Crippen molar-refractivity contribution in [2.24, 2.45) is 0 Å². The first-order valence-electron chi connectivity index (χ1n) is 32.4. The van der Waals surface area contributed by atoms with Crippen LogP contribution < -0.4 is 10.2 Å². The van der Waals surface area contributed by atoms with Crippen LogP contribution in [-0.2, 0) is 27.9 Å². The number of nitrogens with zero attached hydrogens (tertiary/aromatic N) is 1. The Morgan fingerprint density at radius 3 is 1.22 bits per heavy atom. The fourth-order valence-corrected chi connectivity index (χ4v) is 10.2. The zero-order valence-electron chi connectivity index (χ0n) is 51.0. The summed E-state index contributed by atoms with van der Waals surface area (Å²) >= 11 is 0. The highest BCUT2D eigenvalue weighted by atomic mass is 31.2. The van der Waals surface area contributed by atoms with E-state index in [0.29, 0.717) is 17.4 Å². The van der Waals surface area contributed by atoms with Gasteiger partial charge in [0.2, 0.25) is 5.91 Å². The molecule has 0 saturated carbocycles. The minimum atomic E-state index is -4.69. The average Bonchev–Trinajstić information content (AvgIpc) is 3.38. The van der Waals surface area contributed by atoms with E-state index in [-0.39, 0.29) is 31.5 Å². The van der Waals surface area contributed by atoms with Crippen LogP contribution in [0, 0.1) is 0 Å². The number of phosphoric ester groups is 1. The lowest BCUT2D eigenvalue weighted by atomic mass is 10.0. The summed E-state index contributed by atoms with van der Waals surface area (Å²) in [6, 6.07) is -0.884. The maximum Gasteiger partial charge on any atom is 0.306 e. The zero-order chi connectivity index (χ0) is 55.7. The van der Waals surface area contributed by atoms with Gasteiger partial charge in [0.1, 0.15) is 19.3 Å². The molecule has 0 bridgehead atoms. The predicted octanol–water partition coefficient (Wildman–Crippen LogP) is 19.4. The molecule has 10 heteroatoms. The van der Waals surface area contributed by atoms with Crippen LogP contribution in [0.15, 0.2) is 48.6 Å². The standard InChI is InChI=1S/C66H125N2O7P/c1-7-10-13-16-19-22-25-27-28-29-30-31-32-33-34-35-36-37-38-39-40-41-44-46-49-52-55-58-65(69)67-63(62-74-76(71,72)73-61-60-68(4,5)6)64(57-54-51-48-45-43-26-23-20-17-14-11-8-2)75-66(70)59-56-53-50-47-42-24-21-18-15-12-9-3/h19,22,27-28,30-31,54,57,63-64H,7-18,20-21,23-26,29,32-53,55-56,58-62H2,1-6H3,(H-,67,69,71,72)/b22-19-,28-27-,31-30-,57-54-. The summed E-state index contributed by atoms with van der Waals surface area (Å²) in [6.07, 6.45) is 69.4. The highest BCUT2D eigenvalue weighted by Gasteiger charge is 2.27. The third kappa shape index (κ3) is 56.7. The third-order valence-corrected chi connectivity index (χ3v) is 15.5. The van der Waals surface area contributed by atoms with Gasteiger partial charge in [-0.05, 0) is 70.3 Å². The van der Waals surface area contributed by atoms with Gasteiger partial charge in [0.25, 0.3) is 7.82 Å². The molecule has 0 aliphatic carbocycles. The monoisotopic (exact) mass is 1090 g/mol. The van der Waals surface area contributed by atoms with E-state index in [0.717, 1.165) is 70.6 Å². The Kier molecular flexibility index (Phi) is 54.7. The van der Waals surface area contributed by atoms with E-state index >= 15 is 0 Å². The summed E-state index contributed by atoms with van der Waals surface area (Å²) in [5.74, 6) is -0.531. The Morgan fingerprint density at radius 2 is 0.803 bits per heavy atom. The SMILES string of the molecule is CCCCC/C=C\C/C=C\C/C=C\CCCCCCCCCCCCCCCCC(=O)NC(COP(=O)([O-])OCC[N+](C)(C)C)C(/C=C\CCCCCCCCCCCC)OC(=O)CCCCCCCCCCCCC. The van der Waals surface area contributed by atoms with E-state index in [4.69, 9.17) is 13.8 Å². The average molecular weight is 1090 g/mol. The summed E-state index contributed by atoms with van der Waals surface area (Å²) in [7, 11) is 1.19. The summed E-state index contributed by atoms with van der Waals surface area (Å²) in [4.78, 5) is 39.9. The van der Waals surface area contributed by atoms with Crippen LogP contribution in [0.5, 0.6) is 0 Å². The number of esters is 1. The summed E-state index contributed by atoms with van der Waals surface area (Å²) in [5, 5.41) is 3.03. The van der Waals surface area contributed by atoms with Gasteiger partial charge in [-0.15, -0.1) is 0 Å². The first-order chi connectivity index (χ1) is 36.9. The number of carbonyl (C=O) groups excluding carboxylic acids is 2. The topological polar surface area (TPSA) is 114 Å². The lowest BCUT2D eigenvalue weighted by molar-refractivity contribution is -0.870. The fraction of sp³-hybridized carbons (Fsp3) is 0.848. The summed E-state index contributed by atoms with van der Waals surface area (Å²) in [6.45, 7) is 6.83. The third-order valence-electron chi connectivity index (χ3n) is 14.5. The molecule has 446 valence electrons. The summed E-state index contributed by atoms with van der Waals surface area (Å²) in [5.41, 5.74) is 0. The number of quaternary nitrogens is 1. The molecule has 0 rings (SSSR count). The van der Waals surface area contributed by atoms with Crippen LogP contribution in [0.3, 0.4) is 0 Å². The van der Waals surface area contributed by atoms with Crippen LogP contribution in [-0.4, -0.2) is 69.4 Å². The van der Waals surface area contributed by atoms with Gasteiger partial charge in [-0.25, -0.2) is 0 Å². The van der Waals surface area contributed by atoms with Gasteiger partial charge in [-0.1, -0.05) is 275 Å². The van der Waals surface area contributed by atoms with Crippen LogP contribution in [0.1, 0.15) is 310 Å². The number of nitrogens with one attached hydrogen (secondary N) is 1. The van der Waals surface area contributed by atoms with E-state index in [2.05, 4.69) is 62.5 Å². The molecule has 0 fully saturated rings. The Labute approximate surface area is 471 Å². The molecule has 0 aromatic heterocycles. The van der Waals surface area contributed by atoms with Gasteiger partial charge in [-0.2, -0.15) is 0 Å². The molecule has 0 aromatic carbocycles. The van der Waals surface area contributed by atoms with Gasteiger partial charge in [-0.3, -0.25) is 14.2 Å². The number of rotatable bonds is 59. The Bertz CT molecular complexity index is 1440. The molecule has 0 heterocycles. The number of hydrogen-bond acceptors (Lipinski definition) is 7. The number of allylic oxidation sites excluding steroid dienone is 7. The number of likely N-dealkylation sites (N-methyl/N-ethyl adjacent to an activating group) is 1. The van der Waals surface area contributed by atoms with Gasteiger partial charge in [0.15, 0.2) is 0 Å². The molecule has 3 unspecified atom stereocenters. The highest BCUT2D eigenvalue weighted by molar-refractivity contribution is 7.45. The Hall–Kier alpha value is -2.03. The van der Waals surface area contributed by atoms with Gasteiger partial charge in [0, 0.05) is 12.8 Å². The first kappa shape index (κ1) is 74.0. The van der Waals surface area contributed by atoms with E-state index in [9.17, 15) is 19.0 Å². The van der Waals surface area contributed by atoms with Crippen LogP contribution >= 0.6 is 7.82 Å². The normalized spacial score (nSPS) is 13.9. The predicted molar refractivity (Wildman–Crippen MR) is 326 cm³/mol. The number of hydrogen-bond donors (Lipinski definition) is 1. The quantitative estimate of drug-likeness (QED) is 0.0212. The smallest absolute Gasteiger partial charge is 0.306 e. The van der Waals surface area contributed by atoms with Crippen molar-refractivity contribution in [3.63, 3.8) is 0 Å². The molecule has 0 spiro atoms. The lowest BCUT2D eigenvalue weighted by Crippen LogP contribution is -2.47. The van der Waals surface area contributed by atoms with Crippen molar-refractivity contribution in [1.29, 1.82) is 0 Å². The number of phosphoric acid groups is 1. The maximum atomic E-state index is 13.5. The van der Waals surface area contributed by atoms with E-state index < -0.39 is 20.0 Å². The molecular weight excluding hydrogens is 964 g/mol. The maximum absolute atomic E-state index is 13.5. The van der Waals surface area contributed by atoms with E-state index in [1.165, 1.54) is 205 Å². The number of ether oxygens (including phenoxy) is 1. The van der Waals surface area contributed by atoms with Crippen molar-refractivity contribution in [1.82, 2.24) is 5.32 Å². The number of unbranched alkanes of at least 4 members (excludes halogenated alkanes) is 37. The van der Waals surface area contributed by atoms with E-state index in [1.54, 1.807) is 0 Å². The van der Waals surface area contributed by atoms with Gasteiger partial charge < -0.3 is 28.5 Å². The molecule has 9 nitrogen and oxygen atoms in total. The highest BCUT2D eigenvalue weighted by Crippen LogP contribution is 2.38. The second-order valence-corrected chi connectivity index (χ2v) is 24.7. The molecule has 76 heavy (non-hydrogen) atoms. The minimum absolute atomic E-state index is 0.0206. The number of carbonyl (C=O) groups is 2. The molecular formula is C66H125N2O7P. The molecule has 0 saturated heterocycles. The number of amides is 1. The van der Waals surface area contributed by atoms with Crippen molar-refractivity contribution >= 4 is 19.7 Å². The van der Waals surface area contributed by atoms with E-state index in [1.807, 2.05) is 33.3 Å². The fourth-order valence-electron chi connectivity index (χ4n) is 9.47. The minimum Gasteiger partial charge on any atom is -0.756 e. The molecule has 0 aromatic rings. The molecule has 3 atom stereocenters. The van der Waals surface area contributed by atoms with Crippen molar-refractivity contribution in [3.8, 4) is 0 Å². The van der Waals surface area contributed by atoms with Crippen LogP contribution in [0.4, 0.5) is 0 Å². The molecule has 0 aliphatic rings. The zero-order valence-corrected chi connectivity index (χ0v) is 51.9. The van der Waals surface area contributed by atoms with Crippen molar-refractivity contribution in [2.75, 3.05) is 40.9 Å². The van der Waals surface area contributed by atoms with Crippen LogP contribution in [0.25, 0.3) is 0 Å². The largest absolute Gasteiger partial charge is 0.756 e. The van der Waals surface area contributed by atoms with Crippen molar-refractivity contribution in [3.05, 3.63) is 48.6 Å². The Morgan fingerprint density at radius 1 is 0.461 bits per heavy atom. The molecule has 1 N–H and O–H groups in total. The van der Waals surface area contributed by atoms with Crippen molar-refractivity contribution in [2.45, 2.75) is 322 Å². The summed E-state index contributed by atoms with van der Waals surface area (Å²) < 4.78 is 30.3. The molecule has 1 amide bonds. The Balaban J connectivity index is 4.98. The second kappa shape index (κ2) is 56.3. The molecule has 0 radical (unpaired) electrons. The van der Waals surface area contributed by atoms with Crippen molar-refractivity contribution < 1.29 is 37.3 Å². The second-order valence-electron chi connectivity index (χ2n) is 23.3. The lowest BCUT2D eigenvalue weighted by Gasteiger charge is -2.30. The molecule has 0 aliphatic heterocycles.